The quantitative estimate of drug-likeness (QED) is 0.929. The Hall–Kier alpha value is -2.07. The lowest BCUT2D eigenvalue weighted by Crippen LogP contribution is -2.11. The SMILES string of the molecule is COc1ccc(CN(C)C)c(-c2cccc(F)c2)c1O. The van der Waals surface area contributed by atoms with Crippen molar-refractivity contribution in [2.45, 2.75) is 6.54 Å². The van der Waals surface area contributed by atoms with Crippen molar-refractivity contribution in [3.8, 4) is 22.6 Å². The number of halogens is 1. The molecule has 0 aromatic heterocycles. The lowest BCUT2D eigenvalue weighted by molar-refractivity contribution is 0.371. The van der Waals surface area contributed by atoms with Gasteiger partial charge < -0.3 is 14.7 Å². The largest absolute Gasteiger partial charge is 0.504 e. The zero-order valence-electron chi connectivity index (χ0n) is 11.9. The summed E-state index contributed by atoms with van der Waals surface area (Å²) >= 11 is 0. The van der Waals surface area contributed by atoms with Gasteiger partial charge in [0, 0.05) is 12.1 Å². The van der Waals surface area contributed by atoms with Gasteiger partial charge in [-0.05, 0) is 43.4 Å². The van der Waals surface area contributed by atoms with Crippen molar-refractivity contribution in [3.05, 3.63) is 47.8 Å². The van der Waals surface area contributed by atoms with Gasteiger partial charge in [-0.3, -0.25) is 0 Å². The number of benzene rings is 2. The third-order valence-electron chi connectivity index (χ3n) is 3.05. The van der Waals surface area contributed by atoms with E-state index in [1.807, 2.05) is 25.1 Å². The Morgan fingerprint density at radius 3 is 2.55 bits per heavy atom. The van der Waals surface area contributed by atoms with Crippen LogP contribution in [0.1, 0.15) is 5.56 Å². The normalized spacial score (nSPS) is 10.8. The molecule has 0 aliphatic carbocycles. The first-order chi connectivity index (χ1) is 9.52. The highest BCUT2D eigenvalue weighted by atomic mass is 19.1. The molecule has 0 atom stereocenters. The second-order valence-electron chi connectivity index (χ2n) is 4.90. The predicted octanol–water partition coefficient (Wildman–Crippen LogP) is 3.27. The average molecular weight is 275 g/mol. The van der Waals surface area contributed by atoms with Crippen molar-refractivity contribution < 1.29 is 14.2 Å². The molecule has 4 heteroatoms. The molecular weight excluding hydrogens is 257 g/mol. The van der Waals surface area contributed by atoms with Crippen LogP contribution in [0.4, 0.5) is 4.39 Å². The molecule has 0 saturated heterocycles. The van der Waals surface area contributed by atoms with Crippen LogP contribution < -0.4 is 4.74 Å². The lowest BCUT2D eigenvalue weighted by Gasteiger charge is -2.17. The molecule has 1 N–H and O–H groups in total. The van der Waals surface area contributed by atoms with E-state index < -0.39 is 0 Å². The Balaban J connectivity index is 2.63. The van der Waals surface area contributed by atoms with E-state index in [9.17, 15) is 9.50 Å². The zero-order valence-corrected chi connectivity index (χ0v) is 11.9. The van der Waals surface area contributed by atoms with Crippen LogP contribution in [0.3, 0.4) is 0 Å². The Morgan fingerprint density at radius 1 is 1.20 bits per heavy atom. The van der Waals surface area contributed by atoms with E-state index in [-0.39, 0.29) is 11.6 Å². The standard InChI is InChI=1S/C16H18FNO2/c1-18(2)10-12-7-8-14(20-3)16(19)15(12)11-5-4-6-13(17)9-11/h4-9,19H,10H2,1-3H3. The molecule has 2 aromatic rings. The molecule has 0 unspecified atom stereocenters. The van der Waals surface area contributed by atoms with Gasteiger partial charge in [-0.2, -0.15) is 0 Å². The molecule has 2 rings (SSSR count). The molecule has 0 radical (unpaired) electrons. The van der Waals surface area contributed by atoms with Crippen LogP contribution in [0, 0.1) is 5.82 Å². The van der Waals surface area contributed by atoms with Crippen LogP contribution in [0.15, 0.2) is 36.4 Å². The zero-order chi connectivity index (χ0) is 14.7. The molecule has 0 fully saturated rings. The molecule has 0 saturated carbocycles. The third-order valence-corrected chi connectivity index (χ3v) is 3.05. The van der Waals surface area contributed by atoms with Crippen LogP contribution in [0.25, 0.3) is 11.1 Å². The highest BCUT2D eigenvalue weighted by Crippen LogP contribution is 2.40. The van der Waals surface area contributed by atoms with Crippen molar-refractivity contribution >= 4 is 0 Å². The fourth-order valence-corrected chi connectivity index (χ4v) is 2.22. The number of aromatic hydroxyl groups is 1. The predicted molar refractivity (Wildman–Crippen MR) is 77.4 cm³/mol. The first kappa shape index (κ1) is 14.3. The molecule has 3 nitrogen and oxygen atoms in total. The molecule has 106 valence electrons. The van der Waals surface area contributed by atoms with E-state index >= 15 is 0 Å². The second-order valence-corrected chi connectivity index (χ2v) is 4.90. The second kappa shape index (κ2) is 5.92. The Labute approximate surface area is 118 Å². The summed E-state index contributed by atoms with van der Waals surface area (Å²) in [5.41, 5.74) is 2.16. The van der Waals surface area contributed by atoms with Gasteiger partial charge in [0.15, 0.2) is 11.5 Å². The molecule has 2 aromatic carbocycles. The molecule has 0 aliphatic rings. The van der Waals surface area contributed by atoms with E-state index in [0.29, 0.717) is 23.4 Å². The Bertz CT molecular complexity index is 611. The van der Waals surface area contributed by atoms with Crippen LogP contribution >= 0.6 is 0 Å². The van der Waals surface area contributed by atoms with Crippen LogP contribution in [-0.2, 0) is 6.54 Å². The summed E-state index contributed by atoms with van der Waals surface area (Å²) in [6.07, 6.45) is 0. The maximum Gasteiger partial charge on any atom is 0.165 e. The van der Waals surface area contributed by atoms with Gasteiger partial charge in [-0.25, -0.2) is 4.39 Å². The highest BCUT2D eigenvalue weighted by Gasteiger charge is 2.16. The number of phenols is 1. The fourth-order valence-electron chi connectivity index (χ4n) is 2.22. The van der Waals surface area contributed by atoms with Crippen molar-refractivity contribution in [1.82, 2.24) is 4.90 Å². The van der Waals surface area contributed by atoms with Gasteiger partial charge in [0.05, 0.1) is 7.11 Å². The minimum Gasteiger partial charge on any atom is -0.504 e. The highest BCUT2D eigenvalue weighted by molar-refractivity contribution is 5.76. The van der Waals surface area contributed by atoms with Crippen molar-refractivity contribution in [3.63, 3.8) is 0 Å². The molecule has 0 bridgehead atoms. The van der Waals surface area contributed by atoms with E-state index in [1.165, 1.54) is 19.2 Å². The minimum atomic E-state index is -0.333. The Kier molecular flexibility index (Phi) is 4.25. The third kappa shape index (κ3) is 2.91. The maximum atomic E-state index is 13.4. The first-order valence-corrected chi connectivity index (χ1v) is 6.32. The molecular formula is C16H18FNO2. The molecule has 0 amide bonds. The molecule has 0 aliphatic heterocycles. The number of rotatable bonds is 4. The van der Waals surface area contributed by atoms with Gasteiger partial charge in [0.25, 0.3) is 0 Å². The summed E-state index contributed by atoms with van der Waals surface area (Å²) in [4.78, 5) is 1.99. The van der Waals surface area contributed by atoms with Crippen LogP contribution in [0.5, 0.6) is 11.5 Å². The van der Waals surface area contributed by atoms with Crippen molar-refractivity contribution in [1.29, 1.82) is 0 Å². The summed E-state index contributed by atoms with van der Waals surface area (Å²) in [5.74, 6) is 0.0877. The monoisotopic (exact) mass is 275 g/mol. The van der Waals surface area contributed by atoms with E-state index in [1.54, 1.807) is 18.2 Å². The number of ether oxygens (including phenoxy) is 1. The van der Waals surface area contributed by atoms with Gasteiger partial charge in [0.2, 0.25) is 0 Å². The number of hydrogen-bond acceptors (Lipinski definition) is 3. The molecule has 20 heavy (non-hydrogen) atoms. The van der Waals surface area contributed by atoms with Gasteiger partial charge in [-0.15, -0.1) is 0 Å². The molecule has 0 heterocycles. The summed E-state index contributed by atoms with van der Waals surface area (Å²) in [5, 5.41) is 10.4. The fraction of sp³-hybridized carbons (Fsp3) is 0.250. The van der Waals surface area contributed by atoms with Gasteiger partial charge in [-0.1, -0.05) is 18.2 Å². The Morgan fingerprint density at radius 2 is 1.95 bits per heavy atom. The summed E-state index contributed by atoms with van der Waals surface area (Å²) in [6, 6.07) is 9.80. The minimum absolute atomic E-state index is 0.0393. The topological polar surface area (TPSA) is 32.7 Å². The molecule has 0 spiro atoms. The van der Waals surface area contributed by atoms with Crippen molar-refractivity contribution in [2.75, 3.05) is 21.2 Å². The van der Waals surface area contributed by atoms with Crippen molar-refractivity contribution in [2.24, 2.45) is 0 Å². The maximum absolute atomic E-state index is 13.4. The number of nitrogens with zero attached hydrogens (tertiary/aromatic N) is 1. The summed E-state index contributed by atoms with van der Waals surface area (Å²) in [6.45, 7) is 0.642. The smallest absolute Gasteiger partial charge is 0.165 e. The number of hydrogen-bond donors (Lipinski definition) is 1. The van der Waals surface area contributed by atoms with Crippen LogP contribution in [-0.4, -0.2) is 31.2 Å². The van der Waals surface area contributed by atoms with Gasteiger partial charge >= 0.3 is 0 Å². The van der Waals surface area contributed by atoms with Gasteiger partial charge in [0.1, 0.15) is 5.82 Å². The summed E-state index contributed by atoms with van der Waals surface area (Å²) < 4.78 is 18.6. The summed E-state index contributed by atoms with van der Waals surface area (Å²) in [7, 11) is 5.38. The lowest BCUT2D eigenvalue weighted by atomic mass is 9.97. The number of phenolic OH excluding ortho intramolecular Hbond substituents is 1. The van der Waals surface area contributed by atoms with Crippen LogP contribution in [0.2, 0.25) is 0 Å². The first-order valence-electron chi connectivity index (χ1n) is 6.32. The van der Waals surface area contributed by atoms with E-state index in [0.717, 1.165) is 5.56 Å². The average Bonchev–Trinajstić information content (AvgIpc) is 2.38. The van der Waals surface area contributed by atoms with E-state index in [4.69, 9.17) is 4.74 Å². The van der Waals surface area contributed by atoms with E-state index in [2.05, 4.69) is 0 Å². The number of methoxy groups -OCH3 is 1.